The maximum Gasteiger partial charge on any atom is 0.278 e. The summed E-state index contributed by atoms with van der Waals surface area (Å²) in [6.07, 6.45) is 2.67. The van der Waals surface area contributed by atoms with Crippen molar-refractivity contribution >= 4 is 23.1 Å². The lowest BCUT2D eigenvalue weighted by molar-refractivity contribution is -0.137. The Morgan fingerprint density at radius 3 is 2.47 bits per heavy atom. The van der Waals surface area contributed by atoms with Gasteiger partial charge in [-0.1, -0.05) is 43.7 Å². The van der Waals surface area contributed by atoms with E-state index in [9.17, 15) is 9.59 Å². The minimum absolute atomic E-state index is 0.268. The van der Waals surface area contributed by atoms with Crippen LogP contribution in [0.3, 0.4) is 0 Å². The molecular weight excluding hydrogens is 408 g/mol. The molecule has 1 N–H and O–H groups in total. The molecule has 2 heterocycles. The Morgan fingerprint density at radius 1 is 0.938 bits per heavy atom. The number of rotatable bonds is 10. The molecular formula is C25H28N2O5. The molecule has 168 valence electrons. The van der Waals surface area contributed by atoms with Crippen LogP contribution >= 0.6 is 0 Å². The van der Waals surface area contributed by atoms with Crippen LogP contribution in [0.5, 0.6) is 11.5 Å². The van der Waals surface area contributed by atoms with Crippen molar-refractivity contribution < 1.29 is 23.8 Å². The highest BCUT2D eigenvalue weighted by Crippen LogP contribution is 2.35. The fourth-order valence-electron chi connectivity index (χ4n) is 3.71. The first kappa shape index (κ1) is 21.9. The van der Waals surface area contributed by atoms with Crippen molar-refractivity contribution in [3.8, 4) is 11.5 Å². The largest absolute Gasteiger partial charge is 0.486 e. The average Bonchev–Trinajstić information content (AvgIpc) is 3.05. The summed E-state index contributed by atoms with van der Waals surface area (Å²) in [5, 5.41) is 3.17. The van der Waals surface area contributed by atoms with Crippen LogP contribution in [-0.2, 0) is 14.3 Å². The minimum atomic E-state index is -0.336. The number of benzene rings is 2. The van der Waals surface area contributed by atoms with E-state index in [1.807, 2.05) is 36.4 Å². The van der Waals surface area contributed by atoms with E-state index in [0.717, 1.165) is 12.8 Å². The molecule has 2 aliphatic rings. The first-order chi connectivity index (χ1) is 15.7. The van der Waals surface area contributed by atoms with Gasteiger partial charge in [-0.25, -0.2) is 0 Å². The smallest absolute Gasteiger partial charge is 0.278 e. The third-order valence-electron chi connectivity index (χ3n) is 5.35. The van der Waals surface area contributed by atoms with Crippen molar-refractivity contribution in [3.63, 3.8) is 0 Å². The van der Waals surface area contributed by atoms with Gasteiger partial charge in [-0.2, -0.15) is 0 Å². The number of anilines is 1. The van der Waals surface area contributed by atoms with Crippen LogP contribution in [0.25, 0.3) is 5.57 Å². The van der Waals surface area contributed by atoms with E-state index >= 15 is 0 Å². The van der Waals surface area contributed by atoms with Crippen LogP contribution in [0.2, 0.25) is 0 Å². The monoisotopic (exact) mass is 436 g/mol. The van der Waals surface area contributed by atoms with Crippen LogP contribution in [0, 0.1) is 0 Å². The summed E-state index contributed by atoms with van der Waals surface area (Å²) in [5.74, 6) is 0.644. The number of nitrogens with one attached hydrogen (secondary N) is 1. The molecule has 2 aromatic rings. The number of carbonyl (C=O) groups excluding carboxylic acids is 2. The molecule has 32 heavy (non-hydrogen) atoms. The maximum atomic E-state index is 13.2. The van der Waals surface area contributed by atoms with Crippen LogP contribution < -0.4 is 14.8 Å². The third kappa shape index (κ3) is 4.78. The molecule has 0 atom stereocenters. The maximum absolute atomic E-state index is 13.2. The standard InChI is InChI=1S/C25H28N2O5/c1-2-3-13-30-14-7-12-27-24(28)22(18-8-5-4-6-9-18)23(25(27)29)26-19-10-11-20-21(17-19)32-16-15-31-20/h4-6,8-11,17,26H,2-3,7,12-16H2,1H3. The van der Waals surface area contributed by atoms with Crippen molar-refractivity contribution in [3.05, 3.63) is 59.8 Å². The van der Waals surface area contributed by atoms with Gasteiger partial charge in [0.15, 0.2) is 11.5 Å². The van der Waals surface area contributed by atoms with Gasteiger partial charge < -0.3 is 19.5 Å². The lowest BCUT2D eigenvalue weighted by Crippen LogP contribution is -2.34. The zero-order valence-corrected chi connectivity index (χ0v) is 18.3. The van der Waals surface area contributed by atoms with E-state index in [4.69, 9.17) is 14.2 Å². The van der Waals surface area contributed by atoms with Crippen molar-refractivity contribution in [2.24, 2.45) is 0 Å². The second kappa shape index (κ2) is 10.3. The second-order valence-electron chi connectivity index (χ2n) is 7.68. The molecule has 0 aromatic heterocycles. The molecule has 0 radical (unpaired) electrons. The molecule has 0 unspecified atom stereocenters. The molecule has 0 saturated heterocycles. The normalized spacial score (nSPS) is 15.5. The van der Waals surface area contributed by atoms with Crippen LogP contribution in [0.1, 0.15) is 31.7 Å². The van der Waals surface area contributed by atoms with Crippen molar-refractivity contribution in [2.45, 2.75) is 26.2 Å². The van der Waals surface area contributed by atoms with E-state index in [2.05, 4.69) is 12.2 Å². The summed E-state index contributed by atoms with van der Waals surface area (Å²) >= 11 is 0. The van der Waals surface area contributed by atoms with Crippen LogP contribution in [0.15, 0.2) is 54.2 Å². The number of hydrogen-bond acceptors (Lipinski definition) is 6. The van der Waals surface area contributed by atoms with E-state index < -0.39 is 0 Å². The van der Waals surface area contributed by atoms with E-state index in [1.54, 1.807) is 12.1 Å². The van der Waals surface area contributed by atoms with Crippen molar-refractivity contribution in [2.75, 3.05) is 38.3 Å². The molecule has 7 nitrogen and oxygen atoms in total. The molecule has 0 aliphatic carbocycles. The summed E-state index contributed by atoms with van der Waals surface area (Å²) in [4.78, 5) is 27.8. The van der Waals surface area contributed by atoms with Gasteiger partial charge in [0, 0.05) is 31.5 Å². The summed E-state index contributed by atoms with van der Waals surface area (Å²) in [7, 11) is 0. The number of hydrogen-bond donors (Lipinski definition) is 1. The highest BCUT2D eigenvalue weighted by molar-refractivity contribution is 6.36. The van der Waals surface area contributed by atoms with Crippen molar-refractivity contribution in [1.29, 1.82) is 0 Å². The summed E-state index contributed by atoms with van der Waals surface area (Å²) in [6.45, 7) is 4.61. The van der Waals surface area contributed by atoms with Crippen molar-refractivity contribution in [1.82, 2.24) is 4.90 Å². The molecule has 2 aliphatic heterocycles. The Balaban J connectivity index is 1.54. The molecule has 2 aromatic carbocycles. The summed E-state index contributed by atoms with van der Waals surface area (Å²) in [5.41, 5.74) is 2.00. The molecule has 0 bridgehead atoms. The van der Waals surface area contributed by atoms with Gasteiger partial charge in [-0.15, -0.1) is 0 Å². The second-order valence-corrected chi connectivity index (χ2v) is 7.68. The lowest BCUT2D eigenvalue weighted by atomic mass is 10.0. The SMILES string of the molecule is CCCCOCCCN1C(=O)C(Nc2ccc3c(c2)OCCO3)=C(c2ccccc2)C1=O. The van der Waals surface area contributed by atoms with Gasteiger partial charge in [0.2, 0.25) is 0 Å². The zero-order chi connectivity index (χ0) is 22.3. The number of unbranched alkanes of at least 4 members (excludes halogenated alkanes) is 1. The average molecular weight is 437 g/mol. The third-order valence-corrected chi connectivity index (χ3v) is 5.35. The van der Waals surface area contributed by atoms with Gasteiger partial charge in [0.1, 0.15) is 18.9 Å². The lowest BCUT2D eigenvalue weighted by Gasteiger charge is -2.19. The highest BCUT2D eigenvalue weighted by Gasteiger charge is 2.38. The molecule has 4 rings (SSSR count). The van der Waals surface area contributed by atoms with E-state index in [-0.39, 0.29) is 17.5 Å². The van der Waals surface area contributed by atoms with Crippen LogP contribution in [-0.4, -0.2) is 49.7 Å². The van der Waals surface area contributed by atoms with Gasteiger partial charge in [-0.05, 0) is 30.5 Å². The van der Waals surface area contributed by atoms with Gasteiger partial charge in [0.25, 0.3) is 11.8 Å². The fraction of sp³-hybridized carbons (Fsp3) is 0.360. The summed E-state index contributed by atoms with van der Waals surface area (Å²) < 4.78 is 16.8. The predicted molar refractivity (Wildman–Crippen MR) is 121 cm³/mol. The Kier molecular flexibility index (Phi) is 7.07. The summed E-state index contributed by atoms with van der Waals surface area (Å²) in [6, 6.07) is 14.7. The predicted octanol–water partition coefficient (Wildman–Crippen LogP) is 3.86. The molecule has 2 amide bonds. The van der Waals surface area contributed by atoms with Gasteiger partial charge in [0.05, 0.1) is 5.57 Å². The Bertz CT molecular complexity index is 1000. The number of ether oxygens (including phenoxy) is 3. The number of nitrogens with zero attached hydrogens (tertiary/aromatic N) is 1. The number of imide groups is 1. The van der Waals surface area contributed by atoms with Crippen LogP contribution in [0.4, 0.5) is 5.69 Å². The minimum Gasteiger partial charge on any atom is -0.486 e. The zero-order valence-electron chi connectivity index (χ0n) is 18.3. The number of fused-ring (bicyclic) bond motifs is 1. The quantitative estimate of drug-likeness (QED) is 0.450. The molecule has 7 heteroatoms. The number of carbonyl (C=O) groups is 2. The first-order valence-electron chi connectivity index (χ1n) is 11.1. The first-order valence-corrected chi connectivity index (χ1v) is 11.1. The molecule has 0 saturated carbocycles. The molecule has 0 fully saturated rings. The Labute approximate surface area is 188 Å². The Hall–Kier alpha value is -3.32. The Morgan fingerprint density at radius 2 is 1.69 bits per heavy atom. The van der Waals surface area contributed by atoms with E-state index in [0.29, 0.717) is 67.7 Å². The van der Waals surface area contributed by atoms with Gasteiger partial charge >= 0.3 is 0 Å². The van der Waals surface area contributed by atoms with E-state index in [1.165, 1.54) is 4.90 Å². The molecule has 0 spiro atoms. The van der Waals surface area contributed by atoms with Gasteiger partial charge in [-0.3, -0.25) is 14.5 Å². The fourth-order valence-corrected chi connectivity index (χ4v) is 3.71. The topological polar surface area (TPSA) is 77.1 Å². The number of amides is 2. The highest BCUT2D eigenvalue weighted by atomic mass is 16.6.